The normalized spacial score (nSPS) is 17.3. The van der Waals surface area contributed by atoms with Crippen LogP contribution in [0.15, 0.2) is 47.7 Å². The molecule has 1 fully saturated rings. The van der Waals surface area contributed by atoms with Crippen LogP contribution in [0.1, 0.15) is 71.4 Å². The first-order valence-corrected chi connectivity index (χ1v) is 12.0. The van der Waals surface area contributed by atoms with Crippen molar-refractivity contribution < 1.29 is 14.3 Å². The topological polar surface area (TPSA) is 38.8 Å². The van der Waals surface area contributed by atoms with Gasteiger partial charge in [-0.3, -0.25) is 4.79 Å². The molecule has 1 saturated heterocycles. The molecule has 1 aliphatic heterocycles. The average molecular weight is 444 g/mol. The summed E-state index contributed by atoms with van der Waals surface area (Å²) in [5.41, 5.74) is 3.40. The lowest BCUT2D eigenvalue weighted by molar-refractivity contribution is -0.152. The van der Waals surface area contributed by atoms with Crippen molar-refractivity contribution in [2.45, 2.75) is 67.2 Å². The Morgan fingerprint density at radius 1 is 1.06 bits per heavy atom. The fourth-order valence-corrected chi connectivity index (χ4v) is 4.70. The number of methoxy groups -OCH3 is 2. The molecule has 4 heteroatoms. The Kier molecular flexibility index (Phi) is 11.8. The minimum atomic E-state index is -0.486. The molecular formula is C28H45NO3. The van der Waals surface area contributed by atoms with Gasteiger partial charge in [-0.05, 0) is 83.7 Å². The third-order valence-corrected chi connectivity index (χ3v) is 6.31. The standard InChI is InChI=1S/C26H39NO3.C2H6/c1-8-22(23(9-2)29-6)24(20-12-10-19(3)11-13-20)21-14-16-27(17-15-21)18-26(4,5)25(28)30-7;1-2/h8-13,21,24H,14-18H2,1-7H3;1-2H3/b22-8+,23-9+;. The number of benzene rings is 1. The van der Waals surface area contributed by atoms with Crippen LogP contribution < -0.4 is 0 Å². The van der Waals surface area contributed by atoms with E-state index >= 15 is 0 Å². The summed E-state index contributed by atoms with van der Waals surface area (Å²) in [6.07, 6.45) is 6.45. The van der Waals surface area contributed by atoms with Gasteiger partial charge in [-0.15, -0.1) is 0 Å². The largest absolute Gasteiger partial charge is 0.497 e. The van der Waals surface area contributed by atoms with Crippen LogP contribution in [-0.2, 0) is 14.3 Å². The number of piperidine rings is 1. The molecule has 32 heavy (non-hydrogen) atoms. The van der Waals surface area contributed by atoms with Crippen LogP contribution in [0.4, 0.5) is 0 Å². The van der Waals surface area contributed by atoms with E-state index in [0.29, 0.717) is 11.8 Å². The van der Waals surface area contributed by atoms with Crippen molar-refractivity contribution in [2.75, 3.05) is 33.9 Å². The van der Waals surface area contributed by atoms with Crippen molar-refractivity contribution in [1.82, 2.24) is 4.90 Å². The van der Waals surface area contributed by atoms with Gasteiger partial charge in [0.05, 0.1) is 19.6 Å². The molecule has 0 aliphatic carbocycles. The predicted octanol–water partition coefficient (Wildman–Crippen LogP) is 6.51. The van der Waals surface area contributed by atoms with Crippen molar-refractivity contribution in [3.8, 4) is 0 Å². The fourth-order valence-electron chi connectivity index (χ4n) is 4.70. The second-order valence-corrected chi connectivity index (χ2v) is 8.98. The van der Waals surface area contributed by atoms with Crippen LogP contribution in [-0.4, -0.2) is 44.7 Å². The SMILES string of the molecule is C/C=C(\C(=C/C)OC)C(c1ccc(C)cc1)C1CCN(CC(C)(C)C(=O)OC)CC1.CC. The van der Waals surface area contributed by atoms with Gasteiger partial charge in [-0.25, -0.2) is 0 Å². The van der Waals surface area contributed by atoms with E-state index in [2.05, 4.69) is 55.2 Å². The number of carbonyl (C=O) groups excluding carboxylic acids is 1. The van der Waals surface area contributed by atoms with Crippen molar-refractivity contribution >= 4 is 5.97 Å². The highest BCUT2D eigenvalue weighted by Crippen LogP contribution is 2.41. The summed E-state index contributed by atoms with van der Waals surface area (Å²) in [5, 5.41) is 0. The summed E-state index contributed by atoms with van der Waals surface area (Å²) in [6.45, 7) is 16.9. The molecule has 1 heterocycles. The third-order valence-electron chi connectivity index (χ3n) is 6.31. The molecule has 1 aromatic carbocycles. The van der Waals surface area contributed by atoms with Gasteiger partial charge in [0.1, 0.15) is 5.76 Å². The van der Waals surface area contributed by atoms with E-state index < -0.39 is 5.41 Å². The van der Waals surface area contributed by atoms with Crippen LogP contribution >= 0.6 is 0 Å². The van der Waals surface area contributed by atoms with Gasteiger partial charge < -0.3 is 14.4 Å². The summed E-state index contributed by atoms with van der Waals surface area (Å²) in [6, 6.07) is 8.93. The van der Waals surface area contributed by atoms with Crippen LogP contribution in [0.25, 0.3) is 0 Å². The summed E-state index contributed by atoms with van der Waals surface area (Å²) in [7, 11) is 3.22. The molecule has 0 aromatic heterocycles. The number of hydrogen-bond donors (Lipinski definition) is 0. The van der Waals surface area contributed by atoms with Gasteiger partial charge >= 0.3 is 5.97 Å². The third kappa shape index (κ3) is 7.23. The number of esters is 1. The molecule has 1 aliphatic rings. The molecule has 2 rings (SSSR count). The van der Waals surface area contributed by atoms with Crippen LogP contribution in [0.3, 0.4) is 0 Å². The van der Waals surface area contributed by atoms with Gasteiger partial charge in [-0.1, -0.05) is 49.8 Å². The Morgan fingerprint density at radius 3 is 2.06 bits per heavy atom. The summed E-state index contributed by atoms with van der Waals surface area (Å²) >= 11 is 0. The van der Waals surface area contributed by atoms with Crippen molar-refractivity contribution in [2.24, 2.45) is 11.3 Å². The Bertz CT molecular complexity index is 753. The van der Waals surface area contributed by atoms with E-state index in [-0.39, 0.29) is 5.97 Å². The van der Waals surface area contributed by atoms with E-state index in [1.54, 1.807) is 7.11 Å². The van der Waals surface area contributed by atoms with Crippen molar-refractivity contribution in [1.29, 1.82) is 0 Å². The lowest BCUT2D eigenvalue weighted by Crippen LogP contribution is -2.44. The van der Waals surface area contributed by atoms with E-state index in [0.717, 1.165) is 38.2 Å². The Morgan fingerprint density at radius 2 is 1.62 bits per heavy atom. The molecule has 0 amide bonds. The number of nitrogens with zero attached hydrogens (tertiary/aromatic N) is 1. The van der Waals surface area contributed by atoms with Gasteiger partial charge in [0.2, 0.25) is 0 Å². The molecule has 180 valence electrons. The highest BCUT2D eigenvalue weighted by Gasteiger charge is 2.35. The first-order chi connectivity index (χ1) is 15.3. The fraction of sp³-hybridized carbons (Fsp3) is 0.607. The molecular weight excluding hydrogens is 398 g/mol. The zero-order chi connectivity index (χ0) is 24.3. The van der Waals surface area contributed by atoms with E-state index in [4.69, 9.17) is 9.47 Å². The Balaban J connectivity index is 0.00000249. The smallest absolute Gasteiger partial charge is 0.312 e. The number of likely N-dealkylation sites (tertiary alicyclic amines) is 1. The molecule has 1 unspecified atom stereocenters. The number of rotatable bonds is 8. The van der Waals surface area contributed by atoms with Crippen LogP contribution in [0.5, 0.6) is 0 Å². The molecule has 0 saturated carbocycles. The number of allylic oxidation sites excluding steroid dienone is 3. The van der Waals surface area contributed by atoms with Gasteiger partial charge in [0.25, 0.3) is 0 Å². The Hall–Kier alpha value is -2.07. The number of carbonyl (C=O) groups is 1. The first-order valence-electron chi connectivity index (χ1n) is 12.0. The maximum Gasteiger partial charge on any atom is 0.312 e. The van der Waals surface area contributed by atoms with Gasteiger partial charge in [-0.2, -0.15) is 0 Å². The zero-order valence-electron chi connectivity index (χ0n) is 21.8. The number of aryl methyl sites for hydroxylation is 1. The van der Waals surface area contributed by atoms with Crippen molar-refractivity contribution in [3.05, 3.63) is 58.9 Å². The highest BCUT2D eigenvalue weighted by molar-refractivity contribution is 5.76. The molecule has 0 N–H and O–H groups in total. The molecule has 0 bridgehead atoms. The monoisotopic (exact) mass is 443 g/mol. The lowest BCUT2D eigenvalue weighted by atomic mass is 9.74. The van der Waals surface area contributed by atoms with Crippen molar-refractivity contribution in [3.63, 3.8) is 0 Å². The maximum atomic E-state index is 12.1. The number of hydrogen-bond acceptors (Lipinski definition) is 4. The minimum Gasteiger partial charge on any atom is -0.497 e. The average Bonchev–Trinajstić information content (AvgIpc) is 2.81. The first kappa shape index (κ1) is 28.0. The quantitative estimate of drug-likeness (QED) is 0.261. The summed E-state index contributed by atoms with van der Waals surface area (Å²) in [5.74, 6) is 1.65. The lowest BCUT2D eigenvalue weighted by Gasteiger charge is -2.39. The van der Waals surface area contributed by atoms with Gasteiger partial charge in [0, 0.05) is 12.5 Å². The second kappa shape index (κ2) is 13.5. The van der Waals surface area contributed by atoms with E-state index in [1.165, 1.54) is 23.8 Å². The zero-order valence-corrected chi connectivity index (χ0v) is 21.8. The summed E-state index contributed by atoms with van der Waals surface area (Å²) < 4.78 is 10.7. The van der Waals surface area contributed by atoms with E-state index in [1.807, 2.05) is 34.6 Å². The molecule has 4 nitrogen and oxygen atoms in total. The molecule has 1 atom stereocenters. The summed E-state index contributed by atoms with van der Waals surface area (Å²) in [4.78, 5) is 14.5. The van der Waals surface area contributed by atoms with Crippen LogP contribution in [0.2, 0.25) is 0 Å². The minimum absolute atomic E-state index is 0.142. The second-order valence-electron chi connectivity index (χ2n) is 8.98. The molecule has 0 spiro atoms. The molecule has 1 aromatic rings. The van der Waals surface area contributed by atoms with E-state index in [9.17, 15) is 4.79 Å². The van der Waals surface area contributed by atoms with Crippen LogP contribution in [0, 0.1) is 18.3 Å². The number of ether oxygens (including phenoxy) is 2. The molecule has 0 radical (unpaired) electrons. The highest BCUT2D eigenvalue weighted by atomic mass is 16.5. The maximum absolute atomic E-state index is 12.1. The Labute approximate surface area is 196 Å². The van der Waals surface area contributed by atoms with Gasteiger partial charge in [0.15, 0.2) is 0 Å². The predicted molar refractivity (Wildman–Crippen MR) is 135 cm³/mol.